The molecular formula is C18H32N2S. The second-order valence-electron chi connectivity index (χ2n) is 7.65. The largest absolute Gasteiger partial charge is 0.327 e. The summed E-state index contributed by atoms with van der Waals surface area (Å²) >= 11 is 1.87. The maximum absolute atomic E-state index is 6.30. The summed E-state index contributed by atoms with van der Waals surface area (Å²) in [5.41, 5.74) is 6.64. The molecule has 3 atom stereocenters. The third-order valence-electron chi connectivity index (χ3n) is 5.84. The Balaban J connectivity index is 2.06. The van der Waals surface area contributed by atoms with Gasteiger partial charge in [-0.3, -0.25) is 4.90 Å². The van der Waals surface area contributed by atoms with Crippen LogP contribution in [0.1, 0.15) is 52.3 Å². The zero-order valence-electron chi connectivity index (χ0n) is 14.3. The van der Waals surface area contributed by atoms with Crippen LogP contribution >= 0.6 is 11.3 Å². The topological polar surface area (TPSA) is 29.3 Å². The molecule has 1 fully saturated rings. The summed E-state index contributed by atoms with van der Waals surface area (Å²) in [6.45, 7) is 14.1. The Labute approximate surface area is 134 Å². The SMILES string of the molecule is CC(C)N(Cc1cccs1)CC1CCC(N)C(C)C1(C)C. The predicted molar refractivity (Wildman–Crippen MR) is 93.5 cm³/mol. The summed E-state index contributed by atoms with van der Waals surface area (Å²) in [4.78, 5) is 4.11. The van der Waals surface area contributed by atoms with E-state index in [0.717, 1.165) is 12.5 Å². The summed E-state index contributed by atoms with van der Waals surface area (Å²) in [5, 5.41) is 2.18. The highest BCUT2D eigenvalue weighted by molar-refractivity contribution is 7.09. The van der Waals surface area contributed by atoms with Crippen molar-refractivity contribution >= 4 is 11.3 Å². The molecule has 2 rings (SSSR count). The van der Waals surface area contributed by atoms with Gasteiger partial charge in [0.1, 0.15) is 0 Å². The summed E-state index contributed by atoms with van der Waals surface area (Å²) in [7, 11) is 0. The van der Waals surface area contributed by atoms with Gasteiger partial charge in [0.2, 0.25) is 0 Å². The molecule has 3 heteroatoms. The summed E-state index contributed by atoms with van der Waals surface area (Å²) in [6.07, 6.45) is 2.45. The van der Waals surface area contributed by atoms with Crippen LogP contribution in [0.2, 0.25) is 0 Å². The van der Waals surface area contributed by atoms with E-state index < -0.39 is 0 Å². The van der Waals surface area contributed by atoms with Crippen molar-refractivity contribution in [3.8, 4) is 0 Å². The third-order valence-corrected chi connectivity index (χ3v) is 6.70. The Bertz CT molecular complexity index is 424. The van der Waals surface area contributed by atoms with E-state index in [9.17, 15) is 0 Å². The van der Waals surface area contributed by atoms with E-state index in [1.807, 2.05) is 11.3 Å². The van der Waals surface area contributed by atoms with Crippen LogP contribution in [0, 0.1) is 17.3 Å². The van der Waals surface area contributed by atoms with E-state index >= 15 is 0 Å². The molecule has 2 N–H and O–H groups in total. The minimum absolute atomic E-state index is 0.334. The van der Waals surface area contributed by atoms with Crippen molar-refractivity contribution in [1.82, 2.24) is 4.90 Å². The molecule has 3 unspecified atom stereocenters. The minimum Gasteiger partial charge on any atom is -0.327 e. The van der Waals surface area contributed by atoms with E-state index in [2.05, 4.69) is 57.0 Å². The first-order valence-electron chi connectivity index (χ1n) is 8.34. The van der Waals surface area contributed by atoms with Crippen molar-refractivity contribution in [3.05, 3.63) is 22.4 Å². The number of rotatable bonds is 5. The van der Waals surface area contributed by atoms with Gasteiger partial charge in [0.05, 0.1) is 0 Å². The summed E-state index contributed by atoms with van der Waals surface area (Å²) in [6, 6.07) is 5.38. The first-order valence-corrected chi connectivity index (χ1v) is 9.22. The molecule has 0 amide bonds. The highest BCUT2D eigenvalue weighted by Gasteiger charge is 2.42. The molecule has 1 saturated carbocycles. The first kappa shape index (κ1) is 17.0. The van der Waals surface area contributed by atoms with Crippen LogP contribution in [0.4, 0.5) is 0 Å². The van der Waals surface area contributed by atoms with Crippen LogP contribution in [-0.4, -0.2) is 23.5 Å². The number of thiophene rings is 1. The maximum Gasteiger partial charge on any atom is 0.0330 e. The smallest absolute Gasteiger partial charge is 0.0330 e. The number of nitrogens with two attached hydrogens (primary N) is 1. The van der Waals surface area contributed by atoms with E-state index in [1.165, 1.54) is 24.3 Å². The van der Waals surface area contributed by atoms with Crippen molar-refractivity contribution in [1.29, 1.82) is 0 Å². The Morgan fingerprint density at radius 1 is 1.38 bits per heavy atom. The van der Waals surface area contributed by atoms with E-state index in [-0.39, 0.29) is 0 Å². The molecule has 0 aromatic carbocycles. The van der Waals surface area contributed by atoms with Crippen LogP contribution in [-0.2, 0) is 6.54 Å². The van der Waals surface area contributed by atoms with E-state index in [0.29, 0.717) is 23.4 Å². The average Bonchev–Trinajstić information content (AvgIpc) is 2.91. The van der Waals surface area contributed by atoms with Gasteiger partial charge in [-0.25, -0.2) is 0 Å². The van der Waals surface area contributed by atoms with E-state index in [4.69, 9.17) is 5.73 Å². The number of hydrogen-bond donors (Lipinski definition) is 1. The highest BCUT2D eigenvalue weighted by Crippen LogP contribution is 2.44. The monoisotopic (exact) mass is 308 g/mol. The van der Waals surface area contributed by atoms with Gasteiger partial charge in [-0.1, -0.05) is 26.8 Å². The van der Waals surface area contributed by atoms with Gasteiger partial charge in [0.25, 0.3) is 0 Å². The molecule has 1 aliphatic carbocycles. The van der Waals surface area contributed by atoms with Crippen LogP contribution in [0.15, 0.2) is 17.5 Å². The fourth-order valence-corrected chi connectivity index (χ4v) is 4.34. The second-order valence-corrected chi connectivity index (χ2v) is 8.68. The Kier molecular flexibility index (Phi) is 5.50. The lowest BCUT2D eigenvalue weighted by atomic mass is 9.61. The van der Waals surface area contributed by atoms with Crippen molar-refractivity contribution in [2.24, 2.45) is 23.0 Å². The van der Waals surface area contributed by atoms with Gasteiger partial charge in [-0.2, -0.15) is 0 Å². The normalized spacial score (nSPS) is 29.2. The number of hydrogen-bond acceptors (Lipinski definition) is 3. The zero-order chi connectivity index (χ0) is 15.6. The standard InChI is InChI=1S/C18H32N2S/c1-13(2)20(12-16-7-6-10-21-16)11-15-8-9-17(19)14(3)18(15,4)5/h6-7,10,13-15,17H,8-9,11-12,19H2,1-5H3. The molecule has 0 radical (unpaired) electrons. The van der Waals surface area contributed by atoms with Gasteiger partial charge in [-0.05, 0) is 55.4 Å². The molecule has 0 saturated heterocycles. The van der Waals surface area contributed by atoms with Crippen molar-refractivity contribution in [3.63, 3.8) is 0 Å². The fourth-order valence-electron chi connectivity index (χ4n) is 3.61. The summed E-state index contributed by atoms with van der Waals surface area (Å²) < 4.78 is 0. The van der Waals surface area contributed by atoms with Crippen LogP contribution in [0.25, 0.3) is 0 Å². The van der Waals surface area contributed by atoms with Crippen LogP contribution in [0.3, 0.4) is 0 Å². The molecular weight excluding hydrogens is 276 g/mol. The molecule has 1 aromatic heterocycles. The maximum atomic E-state index is 6.30. The molecule has 1 aliphatic rings. The van der Waals surface area contributed by atoms with Gasteiger partial charge in [0, 0.05) is 30.1 Å². The van der Waals surface area contributed by atoms with Gasteiger partial charge >= 0.3 is 0 Å². The first-order chi connectivity index (χ1) is 9.82. The van der Waals surface area contributed by atoms with Crippen molar-refractivity contribution in [2.75, 3.05) is 6.54 Å². The minimum atomic E-state index is 0.334. The zero-order valence-corrected chi connectivity index (χ0v) is 15.1. The van der Waals surface area contributed by atoms with Crippen LogP contribution < -0.4 is 5.73 Å². The van der Waals surface area contributed by atoms with E-state index in [1.54, 1.807) is 0 Å². The Hall–Kier alpha value is -0.380. The summed E-state index contributed by atoms with van der Waals surface area (Å²) in [5.74, 6) is 1.35. The molecule has 120 valence electrons. The molecule has 0 aliphatic heterocycles. The Morgan fingerprint density at radius 2 is 2.10 bits per heavy atom. The molecule has 0 spiro atoms. The lowest BCUT2D eigenvalue weighted by Crippen LogP contribution is -2.50. The lowest BCUT2D eigenvalue weighted by Gasteiger charge is -2.49. The lowest BCUT2D eigenvalue weighted by molar-refractivity contribution is 0.0198. The molecule has 2 nitrogen and oxygen atoms in total. The second kappa shape index (κ2) is 6.80. The Morgan fingerprint density at radius 3 is 2.67 bits per heavy atom. The highest BCUT2D eigenvalue weighted by atomic mass is 32.1. The van der Waals surface area contributed by atoms with Gasteiger partial charge in [0.15, 0.2) is 0 Å². The van der Waals surface area contributed by atoms with Crippen molar-refractivity contribution in [2.45, 2.75) is 66.1 Å². The fraction of sp³-hybridized carbons (Fsp3) is 0.778. The van der Waals surface area contributed by atoms with Crippen LogP contribution in [0.5, 0.6) is 0 Å². The van der Waals surface area contributed by atoms with Gasteiger partial charge < -0.3 is 5.73 Å². The molecule has 21 heavy (non-hydrogen) atoms. The predicted octanol–water partition coefficient (Wildman–Crippen LogP) is 4.36. The molecule has 0 bridgehead atoms. The number of nitrogens with zero attached hydrogens (tertiary/aromatic N) is 1. The molecule has 1 heterocycles. The van der Waals surface area contributed by atoms with Crippen molar-refractivity contribution < 1.29 is 0 Å². The third kappa shape index (κ3) is 3.88. The quantitative estimate of drug-likeness (QED) is 0.876. The van der Waals surface area contributed by atoms with Gasteiger partial charge in [-0.15, -0.1) is 11.3 Å². The average molecular weight is 309 g/mol. The molecule has 1 aromatic rings.